The Kier molecular flexibility index (Phi) is 9.49. The highest BCUT2D eigenvalue weighted by atomic mass is 32.2. The highest BCUT2D eigenvalue weighted by Gasteiger charge is 2.23. The van der Waals surface area contributed by atoms with E-state index in [9.17, 15) is 8.76 Å². The van der Waals surface area contributed by atoms with Crippen LogP contribution in [0, 0.1) is 5.82 Å². The fraction of sp³-hybridized carbons (Fsp3) is 0.321. The smallest absolute Gasteiger partial charge is 0.163 e. The van der Waals surface area contributed by atoms with Crippen molar-refractivity contribution >= 4 is 33.8 Å². The number of ether oxygens (including phenoxy) is 2. The van der Waals surface area contributed by atoms with E-state index in [4.69, 9.17) is 30.9 Å². The van der Waals surface area contributed by atoms with Crippen molar-refractivity contribution < 1.29 is 27.0 Å². The highest BCUT2D eigenvalue weighted by molar-refractivity contribution is 7.77. The summed E-state index contributed by atoms with van der Waals surface area (Å²) in [6.07, 6.45) is -0.362. The van der Waals surface area contributed by atoms with Crippen LogP contribution < -0.4 is 25.8 Å². The topological polar surface area (TPSA) is 165 Å². The second-order valence-corrected chi connectivity index (χ2v) is 10.3. The van der Waals surface area contributed by atoms with Gasteiger partial charge in [-0.3, -0.25) is 4.21 Å². The predicted molar refractivity (Wildman–Crippen MR) is 156 cm³/mol. The molecule has 11 nitrogen and oxygen atoms in total. The molecule has 2 atom stereocenters. The van der Waals surface area contributed by atoms with Crippen LogP contribution in [0.15, 0.2) is 48.7 Å². The zero-order valence-corrected chi connectivity index (χ0v) is 23.4. The van der Waals surface area contributed by atoms with Crippen LogP contribution in [0.3, 0.4) is 0 Å². The molecule has 5 rings (SSSR count). The molecule has 3 heterocycles. The minimum Gasteiger partial charge on any atom is -0.760 e. The molecule has 1 fully saturated rings. The maximum absolute atomic E-state index is 15.8. The zero-order chi connectivity index (χ0) is 29.6. The lowest BCUT2D eigenvalue weighted by Gasteiger charge is -2.29. The molecular formula is C28H30F2N7O4S-. The SMILES string of the molecule is NCCOc1cc(-c2cccc(C(F)CCNS(=O)[O-])c2F)cc2c(N3CCOCC3)nc(-c3ccc(N)nc3)nc12. The summed E-state index contributed by atoms with van der Waals surface area (Å²) in [6.45, 7) is 2.40. The number of hydrogen-bond donors (Lipinski definition) is 3. The number of nitrogens with zero attached hydrogens (tertiary/aromatic N) is 4. The first-order chi connectivity index (χ1) is 20.4. The average molecular weight is 599 g/mol. The summed E-state index contributed by atoms with van der Waals surface area (Å²) < 4.78 is 66.0. The summed E-state index contributed by atoms with van der Waals surface area (Å²) in [4.78, 5) is 15.9. The summed E-state index contributed by atoms with van der Waals surface area (Å²) in [5, 5.41) is 0.609. The van der Waals surface area contributed by atoms with Gasteiger partial charge in [-0.25, -0.2) is 28.5 Å². The third-order valence-electron chi connectivity index (χ3n) is 6.77. The molecule has 0 spiro atoms. The number of nitrogens with two attached hydrogens (primary N) is 2. The van der Waals surface area contributed by atoms with Gasteiger partial charge in [0.15, 0.2) is 5.82 Å². The quantitative estimate of drug-likeness (QED) is 0.219. The predicted octanol–water partition coefficient (Wildman–Crippen LogP) is 3.04. The number of aromatic nitrogens is 3. The van der Waals surface area contributed by atoms with Gasteiger partial charge in [0, 0.05) is 65.7 Å². The number of hydrogen-bond acceptors (Lipinski definition) is 10. The van der Waals surface area contributed by atoms with Gasteiger partial charge in [0.25, 0.3) is 0 Å². The largest absolute Gasteiger partial charge is 0.760 e. The van der Waals surface area contributed by atoms with E-state index >= 15 is 8.78 Å². The van der Waals surface area contributed by atoms with Crippen LogP contribution in [-0.4, -0.2) is 69.7 Å². The first-order valence-electron chi connectivity index (χ1n) is 13.3. The number of nitrogens with one attached hydrogen (secondary N) is 1. The Morgan fingerprint density at radius 2 is 1.98 bits per heavy atom. The van der Waals surface area contributed by atoms with Crippen LogP contribution in [0.1, 0.15) is 18.2 Å². The van der Waals surface area contributed by atoms with Crippen molar-refractivity contribution in [1.29, 1.82) is 0 Å². The number of fused-ring (bicyclic) bond motifs is 1. The fourth-order valence-corrected chi connectivity index (χ4v) is 5.03. The Labute approximate surface area is 243 Å². The monoisotopic (exact) mass is 598 g/mol. The van der Waals surface area contributed by atoms with Crippen molar-refractivity contribution in [3.8, 4) is 28.3 Å². The maximum atomic E-state index is 15.8. The lowest BCUT2D eigenvalue weighted by Crippen LogP contribution is -2.37. The molecule has 1 aliphatic heterocycles. The Hall–Kier alpha value is -3.82. The van der Waals surface area contributed by atoms with Gasteiger partial charge in [-0.2, -0.15) is 0 Å². The molecule has 0 aliphatic carbocycles. The second-order valence-electron chi connectivity index (χ2n) is 9.54. The first-order valence-corrected chi connectivity index (χ1v) is 14.4. The Balaban J connectivity index is 1.66. The van der Waals surface area contributed by atoms with Crippen LogP contribution in [0.25, 0.3) is 33.4 Å². The van der Waals surface area contributed by atoms with Gasteiger partial charge < -0.3 is 30.4 Å². The first kappa shape index (κ1) is 29.7. The van der Waals surface area contributed by atoms with E-state index in [-0.39, 0.29) is 37.2 Å². The fourth-order valence-electron chi connectivity index (χ4n) is 4.74. The van der Waals surface area contributed by atoms with Gasteiger partial charge in [0.05, 0.1) is 13.2 Å². The van der Waals surface area contributed by atoms with Crippen LogP contribution in [0.4, 0.5) is 20.4 Å². The molecule has 1 aliphatic rings. The third kappa shape index (κ3) is 6.63. The number of benzene rings is 2. The van der Waals surface area contributed by atoms with Crippen molar-refractivity contribution in [3.05, 3.63) is 60.0 Å². The molecule has 2 aromatic carbocycles. The molecule has 1 saturated heterocycles. The number of alkyl halides is 1. The van der Waals surface area contributed by atoms with E-state index < -0.39 is 23.3 Å². The zero-order valence-electron chi connectivity index (χ0n) is 22.6. The molecule has 0 radical (unpaired) electrons. The molecule has 4 aromatic rings. The van der Waals surface area contributed by atoms with E-state index in [0.717, 1.165) is 0 Å². The molecule has 2 aromatic heterocycles. The molecular weight excluding hydrogens is 568 g/mol. The van der Waals surface area contributed by atoms with Crippen molar-refractivity contribution in [1.82, 2.24) is 19.7 Å². The summed E-state index contributed by atoms with van der Waals surface area (Å²) in [5.41, 5.74) is 13.1. The summed E-state index contributed by atoms with van der Waals surface area (Å²) in [7, 11) is 0. The Bertz CT molecular complexity index is 1570. The van der Waals surface area contributed by atoms with Crippen molar-refractivity contribution in [2.45, 2.75) is 12.6 Å². The third-order valence-corrected chi connectivity index (χ3v) is 7.21. The Morgan fingerprint density at radius 1 is 1.17 bits per heavy atom. The summed E-state index contributed by atoms with van der Waals surface area (Å²) in [6, 6.07) is 11.3. The molecule has 5 N–H and O–H groups in total. The number of morpholine rings is 1. The number of halogens is 2. The molecule has 222 valence electrons. The highest BCUT2D eigenvalue weighted by Crippen LogP contribution is 2.39. The summed E-state index contributed by atoms with van der Waals surface area (Å²) >= 11 is -2.53. The van der Waals surface area contributed by atoms with Gasteiger partial charge in [-0.15, -0.1) is 0 Å². The van der Waals surface area contributed by atoms with Crippen molar-refractivity contribution in [3.63, 3.8) is 0 Å². The number of anilines is 2. The van der Waals surface area contributed by atoms with E-state index in [1.54, 1.807) is 42.6 Å². The van der Waals surface area contributed by atoms with E-state index in [1.165, 1.54) is 6.07 Å². The van der Waals surface area contributed by atoms with Gasteiger partial charge >= 0.3 is 0 Å². The van der Waals surface area contributed by atoms with E-state index in [2.05, 4.69) is 14.6 Å². The standard InChI is InChI=1S/C28H31F2N7O4S/c29-22(6-8-34-42(38)39)20-3-1-2-19(25(20)30)18-14-21-26(23(15-18)41-11-7-31)35-27(17-4-5-24(32)33-16-17)36-28(21)37-9-12-40-13-10-37/h1-5,14-16,22,34H,6-13,31H2,(H2,32,33)(H,38,39)/p-1. The van der Waals surface area contributed by atoms with Gasteiger partial charge in [0.1, 0.15) is 41.5 Å². The van der Waals surface area contributed by atoms with Crippen molar-refractivity contribution in [2.75, 3.05) is 56.6 Å². The summed E-state index contributed by atoms with van der Waals surface area (Å²) in [5.74, 6) is 0.976. The normalized spacial score (nSPS) is 15.1. The lowest BCUT2D eigenvalue weighted by atomic mass is 9.97. The minimum absolute atomic E-state index is 0.148. The molecule has 14 heteroatoms. The molecule has 0 amide bonds. The molecule has 0 saturated carbocycles. The number of nitrogen functional groups attached to an aromatic ring is 1. The van der Waals surface area contributed by atoms with Crippen LogP contribution in [0.5, 0.6) is 5.75 Å². The van der Waals surface area contributed by atoms with E-state index in [1.807, 2.05) is 0 Å². The molecule has 0 bridgehead atoms. The second kappa shape index (κ2) is 13.4. The Morgan fingerprint density at radius 3 is 2.69 bits per heavy atom. The minimum atomic E-state index is -2.53. The molecule has 2 unspecified atom stereocenters. The maximum Gasteiger partial charge on any atom is 0.163 e. The van der Waals surface area contributed by atoms with Crippen LogP contribution >= 0.6 is 0 Å². The molecule has 42 heavy (non-hydrogen) atoms. The van der Waals surface area contributed by atoms with Crippen molar-refractivity contribution in [2.24, 2.45) is 5.73 Å². The number of rotatable bonds is 11. The van der Waals surface area contributed by atoms with Crippen LogP contribution in [0.2, 0.25) is 0 Å². The van der Waals surface area contributed by atoms with E-state index in [0.29, 0.717) is 71.5 Å². The van der Waals surface area contributed by atoms with Gasteiger partial charge in [-0.1, -0.05) is 18.2 Å². The average Bonchev–Trinajstić information content (AvgIpc) is 3.00. The van der Waals surface area contributed by atoms with Crippen LogP contribution in [-0.2, 0) is 16.0 Å². The van der Waals surface area contributed by atoms with Gasteiger partial charge in [-0.05, 0) is 36.2 Å². The number of pyridine rings is 1. The lowest BCUT2D eigenvalue weighted by molar-refractivity contribution is 0.122. The van der Waals surface area contributed by atoms with Gasteiger partial charge in [0.2, 0.25) is 0 Å².